The van der Waals surface area contributed by atoms with Crippen molar-refractivity contribution in [1.82, 2.24) is 0 Å². The van der Waals surface area contributed by atoms with Crippen molar-refractivity contribution in [2.24, 2.45) is 0 Å². The summed E-state index contributed by atoms with van der Waals surface area (Å²) in [7, 11) is 0. The average Bonchev–Trinajstić information content (AvgIpc) is 2.44. The third kappa shape index (κ3) is 3.26. The van der Waals surface area contributed by atoms with Crippen LogP contribution < -0.4 is 5.32 Å². The lowest BCUT2D eigenvalue weighted by atomic mass is 10.1. The molecule has 5 heteroatoms. The number of benzene rings is 2. The van der Waals surface area contributed by atoms with Crippen LogP contribution in [-0.4, -0.2) is 0 Å². The highest BCUT2D eigenvalue weighted by Gasteiger charge is 2.04. The summed E-state index contributed by atoms with van der Waals surface area (Å²) in [6, 6.07) is 12.9. The van der Waals surface area contributed by atoms with Gasteiger partial charge in [0.15, 0.2) is 0 Å². The topological polar surface area (TPSA) is 59.6 Å². The van der Waals surface area contributed by atoms with Crippen LogP contribution in [-0.2, 0) is 6.54 Å². The van der Waals surface area contributed by atoms with E-state index in [-0.39, 0.29) is 5.56 Å². The van der Waals surface area contributed by atoms with Gasteiger partial charge in [-0.15, -0.1) is 0 Å². The molecule has 1 N–H and O–H groups in total. The lowest BCUT2D eigenvalue weighted by Crippen LogP contribution is -2.02. The van der Waals surface area contributed by atoms with E-state index in [0.29, 0.717) is 28.4 Å². The van der Waals surface area contributed by atoms with E-state index in [9.17, 15) is 4.39 Å². The third-order valence-corrected chi connectivity index (χ3v) is 2.91. The Balaban J connectivity index is 2.21. The van der Waals surface area contributed by atoms with Crippen molar-refractivity contribution in [2.45, 2.75) is 6.54 Å². The summed E-state index contributed by atoms with van der Waals surface area (Å²) in [5, 5.41) is 21.3. The number of halogens is 2. The smallest absolute Gasteiger partial charge is 0.124 e. The Labute approximate surface area is 120 Å². The summed E-state index contributed by atoms with van der Waals surface area (Å²) in [5.74, 6) is -0.465. The molecular weight excluding hydrogens is 277 g/mol. The molecule has 0 radical (unpaired) electrons. The summed E-state index contributed by atoms with van der Waals surface area (Å²) in [5.41, 5.74) is 1.90. The van der Waals surface area contributed by atoms with Crippen molar-refractivity contribution in [3.63, 3.8) is 0 Å². The monoisotopic (exact) mass is 285 g/mol. The van der Waals surface area contributed by atoms with Crippen molar-refractivity contribution < 1.29 is 4.39 Å². The minimum Gasteiger partial charge on any atom is -0.380 e. The van der Waals surface area contributed by atoms with Crippen molar-refractivity contribution >= 4 is 17.3 Å². The second kappa shape index (κ2) is 6.06. The van der Waals surface area contributed by atoms with Gasteiger partial charge in [-0.3, -0.25) is 0 Å². The molecule has 2 rings (SSSR count). The van der Waals surface area contributed by atoms with E-state index in [0.717, 1.165) is 0 Å². The van der Waals surface area contributed by atoms with E-state index in [2.05, 4.69) is 5.32 Å². The quantitative estimate of drug-likeness (QED) is 0.932. The minimum absolute atomic E-state index is 0.258. The summed E-state index contributed by atoms with van der Waals surface area (Å²) in [6.45, 7) is 0.293. The summed E-state index contributed by atoms with van der Waals surface area (Å²) in [4.78, 5) is 0. The molecule has 0 spiro atoms. The van der Waals surface area contributed by atoms with Crippen molar-refractivity contribution in [1.29, 1.82) is 10.5 Å². The van der Waals surface area contributed by atoms with E-state index < -0.39 is 5.82 Å². The van der Waals surface area contributed by atoms with Crippen LogP contribution in [0.1, 0.15) is 16.7 Å². The van der Waals surface area contributed by atoms with Crippen LogP contribution in [0.3, 0.4) is 0 Å². The molecule has 0 aromatic heterocycles. The van der Waals surface area contributed by atoms with E-state index in [1.165, 1.54) is 12.1 Å². The molecule has 2 aromatic carbocycles. The Morgan fingerprint density at radius 3 is 2.60 bits per heavy atom. The molecule has 98 valence electrons. The molecule has 2 aromatic rings. The van der Waals surface area contributed by atoms with Crippen LogP contribution >= 0.6 is 11.6 Å². The van der Waals surface area contributed by atoms with Crippen LogP contribution in [0.25, 0.3) is 0 Å². The second-order valence-electron chi connectivity index (χ2n) is 4.12. The fourth-order valence-corrected chi connectivity index (χ4v) is 1.95. The highest BCUT2D eigenvalue weighted by molar-refractivity contribution is 6.30. The van der Waals surface area contributed by atoms with Gasteiger partial charge in [-0.25, -0.2) is 4.39 Å². The second-order valence-corrected chi connectivity index (χ2v) is 4.55. The molecule has 0 saturated carbocycles. The van der Waals surface area contributed by atoms with Gasteiger partial charge in [0.1, 0.15) is 11.9 Å². The Morgan fingerprint density at radius 2 is 1.90 bits per heavy atom. The molecule has 0 fully saturated rings. The number of hydrogen-bond acceptors (Lipinski definition) is 3. The maximum absolute atomic E-state index is 13.3. The molecule has 0 heterocycles. The maximum atomic E-state index is 13.3. The molecule has 20 heavy (non-hydrogen) atoms. The molecule has 0 aliphatic rings. The summed E-state index contributed by atoms with van der Waals surface area (Å²) < 4.78 is 13.3. The van der Waals surface area contributed by atoms with Crippen LogP contribution in [0.4, 0.5) is 10.1 Å². The molecule has 0 unspecified atom stereocenters. The largest absolute Gasteiger partial charge is 0.380 e. The van der Waals surface area contributed by atoms with Gasteiger partial charge in [0, 0.05) is 11.6 Å². The Bertz CT molecular complexity index is 729. The molecule has 3 nitrogen and oxygen atoms in total. The first-order chi connectivity index (χ1) is 9.62. The van der Waals surface area contributed by atoms with Crippen LogP contribution in [0, 0.1) is 28.5 Å². The van der Waals surface area contributed by atoms with Crippen LogP contribution in [0.15, 0.2) is 36.4 Å². The zero-order valence-electron chi connectivity index (χ0n) is 10.3. The van der Waals surface area contributed by atoms with Crippen molar-refractivity contribution in [2.75, 3.05) is 5.32 Å². The average molecular weight is 286 g/mol. The standard InChI is InChI=1S/C15H9ClFN3/c16-13-2-1-12(8-19)15(6-13)20-9-11-3-10(7-18)4-14(17)5-11/h1-6,20H,9H2. The highest BCUT2D eigenvalue weighted by Crippen LogP contribution is 2.21. The van der Waals surface area contributed by atoms with E-state index in [1.54, 1.807) is 24.3 Å². The number of rotatable bonds is 3. The molecule has 0 saturated heterocycles. The summed E-state index contributed by atoms with van der Waals surface area (Å²) in [6.07, 6.45) is 0. The van der Waals surface area contributed by atoms with E-state index >= 15 is 0 Å². The van der Waals surface area contributed by atoms with Gasteiger partial charge in [0.25, 0.3) is 0 Å². The van der Waals surface area contributed by atoms with Gasteiger partial charge in [-0.1, -0.05) is 11.6 Å². The number of hydrogen-bond donors (Lipinski definition) is 1. The SMILES string of the molecule is N#Cc1cc(F)cc(CNc2cc(Cl)ccc2C#N)c1. The Hall–Kier alpha value is -2.56. The Morgan fingerprint density at radius 1 is 1.10 bits per heavy atom. The first-order valence-corrected chi connectivity index (χ1v) is 6.13. The van der Waals surface area contributed by atoms with Gasteiger partial charge in [0.2, 0.25) is 0 Å². The number of anilines is 1. The fraction of sp³-hybridized carbons (Fsp3) is 0.0667. The zero-order valence-corrected chi connectivity index (χ0v) is 11.1. The number of nitriles is 2. The predicted molar refractivity (Wildman–Crippen MR) is 74.6 cm³/mol. The molecular formula is C15H9ClFN3. The van der Waals surface area contributed by atoms with Gasteiger partial charge < -0.3 is 5.32 Å². The minimum atomic E-state index is -0.465. The van der Waals surface area contributed by atoms with Gasteiger partial charge >= 0.3 is 0 Å². The lowest BCUT2D eigenvalue weighted by Gasteiger charge is -2.09. The van der Waals surface area contributed by atoms with Gasteiger partial charge in [-0.2, -0.15) is 10.5 Å². The lowest BCUT2D eigenvalue weighted by molar-refractivity contribution is 0.625. The zero-order chi connectivity index (χ0) is 14.5. The normalized spacial score (nSPS) is 9.60. The molecule has 0 bridgehead atoms. The molecule has 0 amide bonds. The number of nitrogens with one attached hydrogen (secondary N) is 1. The van der Waals surface area contributed by atoms with E-state index in [4.69, 9.17) is 22.1 Å². The molecule has 0 aliphatic heterocycles. The first kappa shape index (κ1) is 13.9. The van der Waals surface area contributed by atoms with E-state index in [1.807, 2.05) is 12.1 Å². The Kier molecular flexibility index (Phi) is 4.20. The molecule has 0 atom stereocenters. The first-order valence-electron chi connectivity index (χ1n) is 5.75. The fourth-order valence-electron chi connectivity index (χ4n) is 1.77. The van der Waals surface area contributed by atoms with Gasteiger partial charge in [0.05, 0.1) is 22.9 Å². The van der Waals surface area contributed by atoms with Crippen LogP contribution in [0.2, 0.25) is 5.02 Å². The van der Waals surface area contributed by atoms with Crippen molar-refractivity contribution in [3.05, 3.63) is 63.9 Å². The predicted octanol–water partition coefficient (Wildman–Crippen LogP) is 3.83. The van der Waals surface area contributed by atoms with Crippen molar-refractivity contribution in [3.8, 4) is 12.1 Å². The maximum Gasteiger partial charge on any atom is 0.124 e. The highest BCUT2D eigenvalue weighted by atomic mass is 35.5. The van der Waals surface area contributed by atoms with Gasteiger partial charge in [-0.05, 0) is 42.0 Å². The van der Waals surface area contributed by atoms with Crippen LogP contribution in [0.5, 0.6) is 0 Å². The molecule has 0 aliphatic carbocycles. The summed E-state index contributed by atoms with van der Waals surface area (Å²) >= 11 is 5.88. The third-order valence-electron chi connectivity index (χ3n) is 2.67. The number of nitrogens with zero attached hydrogens (tertiary/aromatic N) is 2.